The molecule has 8 amide bonds. The van der Waals surface area contributed by atoms with Gasteiger partial charge < -0.3 is 46.4 Å². The molecule has 6 N–H and O–H groups in total. The molecule has 0 aliphatic carbocycles. The molecular weight excluding hydrogens is 877 g/mol. The van der Waals surface area contributed by atoms with E-state index in [1.807, 2.05) is 30.3 Å². The molecule has 1 fully saturated rings. The highest BCUT2D eigenvalue weighted by Crippen LogP contribution is 2.25. The molecule has 2 aromatic carbocycles. The smallest absolute Gasteiger partial charge is 0.312 e. The number of benzene rings is 2. The maximum atomic E-state index is 14.0. The molecule has 2 atom stereocenters. The van der Waals surface area contributed by atoms with Crippen LogP contribution in [0.2, 0.25) is 0 Å². The van der Waals surface area contributed by atoms with Crippen LogP contribution in [0.25, 0.3) is 0 Å². The molecule has 0 radical (unpaired) electrons. The summed E-state index contributed by atoms with van der Waals surface area (Å²) >= 11 is 1.21. The topological polar surface area (TPSA) is 230 Å². The Morgan fingerprint density at radius 2 is 1.21 bits per heavy atom. The molecule has 17 nitrogen and oxygen atoms in total. The fourth-order valence-corrected chi connectivity index (χ4v) is 7.35. The van der Waals surface area contributed by atoms with E-state index < -0.39 is 41.3 Å². The fourth-order valence-electron chi connectivity index (χ4n) is 6.62. The molecule has 1 aliphatic rings. The van der Waals surface area contributed by atoms with Gasteiger partial charge in [0.25, 0.3) is 0 Å². The standard InChI is InChI=1S/C49H74N8O9S/c1-47(2,3)24-21-40(59)55-31-56(41(60)22-25-48(4,5)6)33-57(32-55)42(61)23-27-67-30-39(58)53-38(28-34-14-11-10-12-15-34)44(63)54-37(16-13-26-51-46(50)65)43(62)52-36-19-17-35(18-20-36)29-66-45(64)49(7,8)9/h10-12,14-15,17-20,37-38H,13,16,21-33H2,1-9H3,(H,52,62)(H,53,58)(H,54,63)(H3,50,51,65)/t37-,38-/m0/s1. The molecule has 3 rings (SSSR count). The van der Waals surface area contributed by atoms with E-state index in [4.69, 9.17) is 10.5 Å². The number of rotatable bonds is 22. The number of nitrogens with zero attached hydrogens (tertiary/aromatic N) is 3. The van der Waals surface area contributed by atoms with Crippen LogP contribution < -0.4 is 27.0 Å². The van der Waals surface area contributed by atoms with Gasteiger partial charge in [-0.2, -0.15) is 11.8 Å². The van der Waals surface area contributed by atoms with Crippen molar-refractivity contribution in [3.8, 4) is 0 Å². The first-order valence-electron chi connectivity index (χ1n) is 22.9. The van der Waals surface area contributed by atoms with Crippen molar-refractivity contribution in [2.45, 2.75) is 132 Å². The van der Waals surface area contributed by atoms with Crippen molar-refractivity contribution in [1.82, 2.24) is 30.7 Å². The highest BCUT2D eigenvalue weighted by Gasteiger charge is 2.33. The van der Waals surface area contributed by atoms with Gasteiger partial charge in [-0.25, -0.2) is 4.79 Å². The van der Waals surface area contributed by atoms with Gasteiger partial charge in [0.2, 0.25) is 35.4 Å². The van der Waals surface area contributed by atoms with Gasteiger partial charge in [-0.3, -0.25) is 33.6 Å². The van der Waals surface area contributed by atoms with Gasteiger partial charge in [-0.05, 0) is 80.5 Å². The molecule has 370 valence electrons. The maximum absolute atomic E-state index is 14.0. The summed E-state index contributed by atoms with van der Waals surface area (Å²) in [6, 6.07) is 12.9. The van der Waals surface area contributed by atoms with Crippen LogP contribution in [0.15, 0.2) is 54.6 Å². The second kappa shape index (κ2) is 26.0. The summed E-state index contributed by atoms with van der Waals surface area (Å²) in [4.78, 5) is 110. The highest BCUT2D eigenvalue weighted by molar-refractivity contribution is 7.99. The second-order valence-corrected chi connectivity index (χ2v) is 21.6. The number of ether oxygens (including phenoxy) is 1. The Morgan fingerprint density at radius 1 is 0.672 bits per heavy atom. The van der Waals surface area contributed by atoms with Gasteiger partial charge in [-0.1, -0.05) is 84.0 Å². The van der Waals surface area contributed by atoms with Crippen LogP contribution >= 0.6 is 11.8 Å². The predicted octanol–water partition coefficient (Wildman–Crippen LogP) is 5.52. The summed E-state index contributed by atoms with van der Waals surface area (Å²) in [6.45, 7) is 18.1. The zero-order valence-corrected chi connectivity index (χ0v) is 41.8. The second-order valence-electron chi connectivity index (χ2n) is 20.5. The third-order valence-electron chi connectivity index (χ3n) is 10.7. The van der Waals surface area contributed by atoms with Crippen LogP contribution in [-0.4, -0.2) is 112 Å². The number of anilines is 1. The van der Waals surface area contributed by atoms with Crippen LogP contribution in [0.3, 0.4) is 0 Å². The molecule has 0 spiro atoms. The first-order valence-corrected chi connectivity index (χ1v) is 24.1. The van der Waals surface area contributed by atoms with Crippen LogP contribution in [-0.2, 0) is 51.3 Å². The number of urea groups is 1. The molecule has 0 bridgehead atoms. The summed E-state index contributed by atoms with van der Waals surface area (Å²) in [5.41, 5.74) is 6.35. The largest absolute Gasteiger partial charge is 0.460 e. The minimum absolute atomic E-state index is 0.0503. The van der Waals surface area contributed by atoms with Crippen molar-refractivity contribution in [3.05, 3.63) is 65.7 Å². The summed E-state index contributed by atoms with van der Waals surface area (Å²) in [6.07, 6.45) is 2.48. The molecule has 2 aromatic rings. The predicted molar refractivity (Wildman–Crippen MR) is 260 cm³/mol. The highest BCUT2D eigenvalue weighted by atomic mass is 32.2. The van der Waals surface area contributed by atoms with Crippen LogP contribution in [0.4, 0.5) is 10.5 Å². The zero-order chi connectivity index (χ0) is 50.0. The molecule has 18 heteroatoms. The Hall–Kier alpha value is -5.65. The minimum atomic E-state index is -1.08. The lowest BCUT2D eigenvalue weighted by molar-refractivity contribution is -0.159. The Bertz CT molecular complexity index is 1960. The fraction of sp³-hybridized carbons (Fsp3) is 0.592. The van der Waals surface area contributed by atoms with Crippen molar-refractivity contribution in [2.24, 2.45) is 22.0 Å². The molecule has 0 unspecified atom stereocenters. The number of carbonyl (C=O) groups is 8. The molecule has 0 aromatic heterocycles. The van der Waals surface area contributed by atoms with Gasteiger partial charge in [0.15, 0.2) is 0 Å². The SMILES string of the molecule is CC(C)(C)CCC(=O)N1CN(C(=O)CCSCC(=O)N[C@@H](Cc2ccccc2)C(=O)N[C@@H](CCCNC(N)=O)C(=O)Nc2ccc(COC(=O)C(C)(C)C)cc2)CN(C(=O)CCC(C)(C)C)C1. The van der Waals surface area contributed by atoms with Crippen LogP contribution in [0.5, 0.6) is 0 Å². The van der Waals surface area contributed by atoms with Gasteiger partial charge in [0, 0.05) is 43.7 Å². The van der Waals surface area contributed by atoms with Gasteiger partial charge >= 0.3 is 12.0 Å². The molecule has 67 heavy (non-hydrogen) atoms. The Labute approximate surface area is 400 Å². The third-order valence-corrected chi connectivity index (χ3v) is 11.7. The Kier molecular flexibility index (Phi) is 21.6. The zero-order valence-electron chi connectivity index (χ0n) is 41.0. The van der Waals surface area contributed by atoms with Crippen molar-refractivity contribution < 1.29 is 43.1 Å². The average molecular weight is 951 g/mol. The first kappa shape index (κ1) is 55.7. The molecular formula is C49H74N8O9S. The summed E-state index contributed by atoms with van der Waals surface area (Å²) < 4.78 is 5.39. The number of thioether (sulfide) groups is 1. The number of nitrogens with one attached hydrogen (secondary N) is 4. The minimum Gasteiger partial charge on any atom is -0.460 e. The molecule has 0 saturated carbocycles. The summed E-state index contributed by atoms with van der Waals surface area (Å²) in [7, 11) is 0. The average Bonchev–Trinajstić information content (AvgIpc) is 3.25. The summed E-state index contributed by atoms with van der Waals surface area (Å²) in [5.74, 6) is -2.28. The van der Waals surface area contributed by atoms with Crippen molar-refractivity contribution >= 4 is 64.9 Å². The third kappa shape index (κ3) is 21.7. The van der Waals surface area contributed by atoms with Crippen molar-refractivity contribution in [1.29, 1.82) is 0 Å². The van der Waals surface area contributed by atoms with Gasteiger partial charge in [0.05, 0.1) is 31.2 Å². The van der Waals surface area contributed by atoms with E-state index in [9.17, 15) is 38.4 Å². The normalized spacial score (nSPS) is 14.1. The van der Waals surface area contributed by atoms with Crippen LogP contribution in [0.1, 0.15) is 118 Å². The van der Waals surface area contributed by atoms with E-state index in [0.717, 1.165) is 5.56 Å². The number of esters is 1. The van der Waals surface area contributed by atoms with Crippen molar-refractivity contribution in [2.75, 3.05) is 43.4 Å². The lowest BCUT2D eigenvalue weighted by Gasteiger charge is -2.42. The number of amides is 8. The Balaban J connectivity index is 1.66. The lowest BCUT2D eigenvalue weighted by atomic mass is 9.90. The number of hydrogen-bond donors (Lipinski definition) is 5. The molecule has 1 saturated heterocycles. The van der Waals surface area contributed by atoms with E-state index in [0.29, 0.717) is 43.4 Å². The number of carbonyl (C=O) groups excluding carboxylic acids is 8. The maximum Gasteiger partial charge on any atom is 0.312 e. The summed E-state index contributed by atoms with van der Waals surface area (Å²) in [5, 5.41) is 10.9. The first-order chi connectivity index (χ1) is 31.3. The van der Waals surface area contributed by atoms with E-state index in [2.05, 4.69) is 62.8 Å². The number of nitrogens with two attached hydrogens (primary N) is 1. The number of hydrogen-bond acceptors (Lipinski definition) is 10. The van der Waals surface area contributed by atoms with E-state index in [1.54, 1.807) is 54.8 Å². The van der Waals surface area contributed by atoms with Crippen molar-refractivity contribution in [3.63, 3.8) is 0 Å². The molecule has 1 heterocycles. The quantitative estimate of drug-likeness (QED) is 0.0733. The van der Waals surface area contributed by atoms with Gasteiger partial charge in [0.1, 0.15) is 18.7 Å². The van der Waals surface area contributed by atoms with E-state index in [-0.39, 0.29) is 98.4 Å². The van der Waals surface area contributed by atoms with Gasteiger partial charge in [-0.15, -0.1) is 0 Å². The monoisotopic (exact) mass is 951 g/mol. The van der Waals surface area contributed by atoms with E-state index >= 15 is 0 Å². The Morgan fingerprint density at radius 3 is 1.72 bits per heavy atom. The van der Waals surface area contributed by atoms with Crippen LogP contribution in [0, 0.1) is 16.2 Å². The number of primary amides is 1. The van der Waals surface area contributed by atoms with E-state index in [1.165, 1.54) is 16.7 Å². The lowest BCUT2D eigenvalue weighted by Crippen LogP contribution is -2.59. The molecule has 1 aliphatic heterocycles.